The molecule has 0 aliphatic carbocycles. The van der Waals surface area contributed by atoms with Crippen molar-refractivity contribution in [3.8, 4) is 0 Å². The first-order valence-electron chi connectivity index (χ1n) is 7.36. The number of hydrogen-bond acceptors (Lipinski definition) is 4. The van der Waals surface area contributed by atoms with Gasteiger partial charge in [-0.2, -0.15) is 0 Å². The van der Waals surface area contributed by atoms with Crippen molar-refractivity contribution in [3.05, 3.63) is 29.3 Å². The Hall–Kier alpha value is -1.43. The van der Waals surface area contributed by atoms with Crippen molar-refractivity contribution in [3.63, 3.8) is 0 Å². The molecule has 5 heteroatoms. The smallest absolute Gasteiger partial charge is 0.234 e. The molecule has 5 nitrogen and oxygen atoms in total. The zero-order valence-electron chi connectivity index (χ0n) is 12.7. The van der Waals surface area contributed by atoms with Crippen LogP contribution in [0.1, 0.15) is 31.0 Å². The van der Waals surface area contributed by atoms with Crippen LogP contribution in [0.2, 0.25) is 0 Å². The van der Waals surface area contributed by atoms with Crippen molar-refractivity contribution in [2.75, 3.05) is 32.2 Å². The molecule has 2 aliphatic heterocycles. The highest BCUT2D eigenvalue weighted by Crippen LogP contribution is 2.39. The summed E-state index contributed by atoms with van der Waals surface area (Å²) in [5.74, 6) is 0.0490. The van der Waals surface area contributed by atoms with Crippen LogP contribution < -0.4 is 10.6 Å². The maximum absolute atomic E-state index is 12.0. The largest absolute Gasteiger partial charge is 0.376 e. The second-order valence-corrected chi connectivity index (χ2v) is 6.13. The normalized spacial score (nSPS) is 25.3. The van der Waals surface area contributed by atoms with Crippen LogP contribution in [0.5, 0.6) is 0 Å². The average Bonchev–Trinajstić information content (AvgIpc) is 2.72. The van der Waals surface area contributed by atoms with Gasteiger partial charge in [-0.3, -0.25) is 4.79 Å². The number of hydrogen-bond donors (Lipinski definition) is 2. The first-order valence-corrected chi connectivity index (χ1v) is 7.36. The predicted molar refractivity (Wildman–Crippen MR) is 80.5 cm³/mol. The summed E-state index contributed by atoms with van der Waals surface area (Å²) in [5, 5.41) is 6.24. The zero-order valence-corrected chi connectivity index (χ0v) is 12.7. The van der Waals surface area contributed by atoms with E-state index in [1.807, 2.05) is 33.0 Å². The number of rotatable bonds is 3. The fraction of sp³-hybridized carbons (Fsp3) is 0.562. The van der Waals surface area contributed by atoms with Gasteiger partial charge in [0, 0.05) is 5.69 Å². The minimum absolute atomic E-state index is 0.00465. The third-order valence-corrected chi connectivity index (χ3v) is 4.42. The number of anilines is 1. The van der Waals surface area contributed by atoms with E-state index in [0.29, 0.717) is 19.8 Å². The lowest BCUT2D eigenvalue weighted by molar-refractivity contribution is -0.119. The lowest BCUT2D eigenvalue weighted by Crippen LogP contribution is -2.39. The summed E-state index contributed by atoms with van der Waals surface area (Å²) in [6, 6.07) is 6.18. The van der Waals surface area contributed by atoms with Gasteiger partial charge in [0.25, 0.3) is 0 Å². The topological polar surface area (TPSA) is 59.6 Å². The zero-order chi connectivity index (χ0) is 15.0. The van der Waals surface area contributed by atoms with Gasteiger partial charge in [-0.15, -0.1) is 0 Å². The molecular formula is C16H22N2O3. The second-order valence-electron chi connectivity index (χ2n) is 6.13. The highest BCUT2D eigenvalue weighted by Gasteiger charge is 2.39. The van der Waals surface area contributed by atoms with Crippen molar-refractivity contribution in [2.24, 2.45) is 0 Å². The van der Waals surface area contributed by atoms with Crippen molar-refractivity contribution in [2.45, 2.75) is 31.4 Å². The van der Waals surface area contributed by atoms with Crippen LogP contribution in [0.4, 0.5) is 5.69 Å². The Bertz CT molecular complexity index is 550. The van der Waals surface area contributed by atoms with Crippen molar-refractivity contribution in [1.29, 1.82) is 0 Å². The van der Waals surface area contributed by atoms with E-state index in [9.17, 15) is 4.79 Å². The van der Waals surface area contributed by atoms with Gasteiger partial charge in [-0.05, 0) is 38.1 Å². The summed E-state index contributed by atoms with van der Waals surface area (Å²) in [5.41, 5.74) is 2.58. The van der Waals surface area contributed by atoms with E-state index in [4.69, 9.17) is 9.47 Å². The molecule has 0 aromatic heterocycles. The Morgan fingerprint density at radius 1 is 1.38 bits per heavy atom. The molecule has 2 aliphatic rings. The lowest BCUT2D eigenvalue weighted by atomic mass is 9.84. The molecule has 21 heavy (non-hydrogen) atoms. The van der Waals surface area contributed by atoms with Gasteiger partial charge < -0.3 is 20.1 Å². The van der Waals surface area contributed by atoms with E-state index in [-0.39, 0.29) is 18.1 Å². The van der Waals surface area contributed by atoms with E-state index in [1.165, 1.54) is 0 Å². The van der Waals surface area contributed by atoms with Gasteiger partial charge in [0.05, 0.1) is 31.3 Å². The van der Waals surface area contributed by atoms with E-state index in [2.05, 4.69) is 16.7 Å². The summed E-state index contributed by atoms with van der Waals surface area (Å²) in [6.07, 6.45) is -0.00465. The third kappa shape index (κ3) is 2.46. The van der Waals surface area contributed by atoms with E-state index in [1.54, 1.807) is 0 Å². The molecule has 1 aromatic rings. The molecule has 2 unspecified atom stereocenters. The number of amides is 1. The van der Waals surface area contributed by atoms with E-state index in [0.717, 1.165) is 16.8 Å². The van der Waals surface area contributed by atoms with E-state index >= 15 is 0 Å². The number of carbonyl (C=O) groups is 1. The molecule has 1 saturated heterocycles. The molecular weight excluding hydrogens is 268 g/mol. The third-order valence-electron chi connectivity index (χ3n) is 4.42. The summed E-state index contributed by atoms with van der Waals surface area (Å²) >= 11 is 0. The van der Waals surface area contributed by atoms with Crippen LogP contribution in [0.25, 0.3) is 0 Å². The maximum Gasteiger partial charge on any atom is 0.234 e. The molecule has 2 N–H and O–H groups in total. The van der Waals surface area contributed by atoms with Crippen LogP contribution in [-0.2, 0) is 19.7 Å². The number of nitrogens with one attached hydrogen (secondary N) is 2. The number of likely N-dealkylation sites (N-methyl/N-ethyl adjacent to an activating group) is 1. The summed E-state index contributed by atoms with van der Waals surface area (Å²) in [7, 11) is 1.92. The molecule has 2 heterocycles. The highest BCUT2D eigenvalue weighted by atomic mass is 16.6. The minimum atomic E-state index is -0.493. The molecule has 1 amide bonds. The molecule has 2 atom stereocenters. The van der Waals surface area contributed by atoms with Gasteiger partial charge in [-0.25, -0.2) is 0 Å². The number of carbonyl (C=O) groups excluding carboxylic acids is 1. The Morgan fingerprint density at radius 2 is 2.19 bits per heavy atom. The first-order chi connectivity index (χ1) is 10.0. The van der Waals surface area contributed by atoms with Crippen LogP contribution in [0.3, 0.4) is 0 Å². The molecule has 0 radical (unpaired) electrons. The Morgan fingerprint density at radius 3 is 2.86 bits per heavy atom. The van der Waals surface area contributed by atoms with Gasteiger partial charge in [-0.1, -0.05) is 12.1 Å². The Kier molecular flexibility index (Phi) is 3.73. The molecule has 1 fully saturated rings. The number of benzene rings is 1. The molecule has 0 spiro atoms. The molecule has 114 valence electrons. The SMILES string of the molecule is CNC(c1ccc2c(c1)C(C)(C)C(=O)N2)C1COCCO1. The average molecular weight is 290 g/mol. The van der Waals surface area contributed by atoms with Crippen LogP contribution in [0.15, 0.2) is 18.2 Å². The van der Waals surface area contributed by atoms with Crippen molar-refractivity contribution < 1.29 is 14.3 Å². The lowest BCUT2D eigenvalue weighted by Gasteiger charge is -2.31. The Balaban J connectivity index is 1.92. The number of fused-ring (bicyclic) bond motifs is 1. The highest BCUT2D eigenvalue weighted by molar-refractivity contribution is 6.05. The predicted octanol–water partition coefficient (Wildman–Crippen LogP) is 1.59. The monoisotopic (exact) mass is 290 g/mol. The fourth-order valence-electron chi connectivity index (χ4n) is 3.05. The van der Waals surface area contributed by atoms with Crippen LogP contribution >= 0.6 is 0 Å². The summed E-state index contributed by atoms with van der Waals surface area (Å²) in [6.45, 7) is 5.77. The van der Waals surface area contributed by atoms with Crippen molar-refractivity contribution in [1.82, 2.24) is 5.32 Å². The van der Waals surface area contributed by atoms with Gasteiger partial charge in [0.2, 0.25) is 5.91 Å². The van der Waals surface area contributed by atoms with Gasteiger partial charge >= 0.3 is 0 Å². The fourth-order valence-corrected chi connectivity index (χ4v) is 3.05. The standard InChI is InChI=1S/C16H22N2O3/c1-16(2)11-8-10(4-5-12(11)18-15(16)19)14(17-3)13-9-20-6-7-21-13/h4-5,8,13-14,17H,6-7,9H2,1-3H3,(H,18,19). The quantitative estimate of drug-likeness (QED) is 0.887. The minimum Gasteiger partial charge on any atom is -0.376 e. The summed E-state index contributed by atoms with van der Waals surface area (Å²) < 4.78 is 11.3. The maximum atomic E-state index is 12.0. The molecule has 1 aromatic carbocycles. The van der Waals surface area contributed by atoms with Gasteiger partial charge in [0.1, 0.15) is 6.10 Å². The first kappa shape index (κ1) is 14.5. The second kappa shape index (κ2) is 5.40. The molecule has 0 bridgehead atoms. The summed E-state index contributed by atoms with van der Waals surface area (Å²) in [4.78, 5) is 12.0. The van der Waals surface area contributed by atoms with Crippen LogP contribution in [-0.4, -0.2) is 38.9 Å². The number of ether oxygens (including phenoxy) is 2. The van der Waals surface area contributed by atoms with E-state index < -0.39 is 5.41 Å². The van der Waals surface area contributed by atoms with Gasteiger partial charge in [0.15, 0.2) is 0 Å². The Labute approximate surface area is 125 Å². The molecule has 3 rings (SSSR count). The molecule has 0 saturated carbocycles. The van der Waals surface area contributed by atoms with Crippen LogP contribution in [0, 0.1) is 0 Å². The van der Waals surface area contributed by atoms with Crippen molar-refractivity contribution >= 4 is 11.6 Å².